The molecule has 0 aliphatic heterocycles. The van der Waals surface area contributed by atoms with Crippen molar-refractivity contribution in [3.05, 3.63) is 0 Å². The summed E-state index contributed by atoms with van der Waals surface area (Å²) in [4.78, 5) is 10.9. The van der Waals surface area contributed by atoms with Gasteiger partial charge in [0.1, 0.15) is 0 Å². The lowest BCUT2D eigenvalue weighted by atomic mass is 10.4. The van der Waals surface area contributed by atoms with Gasteiger partial charge in [0.25, 0.3) is 0 Å². The highest BCUT2D eigenvalue weighted by Gasteiger charge is 2.18. The predicted octanol–water partition coefficient (Wildman–Crippen LogP) is 2.61. The number of nitrogens with two attached hydrogens (primary N) is 1. The molecule has 0 aromatic rings. The number of halogens is 1. The van der Waals surface area contributed by atoms with Crippen molar-refractivity contribution in [3.63, 3.8) is 0 Å². The molecule has 92 valence electrons. The molecule has 0 saturated carbocycles. The van der Waals surface area contributed by atoms with Gasteiger partial charge in [0.15, 0.2) is 4.51 Å². The van der Waals surface area contributed by atoms with Crippen LogP contribution in [-0.2, 0) is 4.74 Å². The Labute approximate surface area is 101 Å². The first-order chi connectivity index (χ1) is 6.54. The number of carbonyl (C=O) groups excluding carboxylic acids is 1. The van der Waals surface area contributed by atoms with Crippen molar-refractivity contribution >= 4 is 22.0 Å². The molecule has 15 heavy (non-hydrogen) atoms. The molecule has 0 radical (unpaired) electrons. The van der Waals surface area contributed by atoms with Gasteiger partial charge in [0, 0.05) is 6.04 Å². The van der Waals surface area contributed by atoms with E-state index >= 15 is 0 Å². The molecule has 0 heterocycles. The zero-order chi connectivity index (χ0) is 12.6. The first-order valence-electron chi connectivity index (χ1n) is 4.98. The zero-order valence-electron chi connectivity index (χ0n) is 10.4. The monoisotopic (exact) mass is 282 g/mol. The summed E-state index contributed by atoms with van der Waals surface area (Å²) >= 11 is 3.19. The van der Waals surface area contributed by atoms with Gasteiger partial charge in [0.2, 0.25) is 0 Å². The minimum absolute atomic E-state index is 0.109. The van der Waals surface area contributed by atoms with Crippen LogP contribution < -0.4 is 11.1 Å². The van der Waals surface area contributed by atoms with Gasteiger partial charge >= 0.3 is 6.09 Å². The molecule has 1 amide bonds. The summed E-state index contributed by atoms with van der Waals surface area (Å²) in [6, 6.07) is 0.442. The maximum atomic E-state index is 10.9. The Bertz CT molecular complexity index is 174. The number of rotatable bonds is 2. The van der Waals surface area contributed by atoms with Crippen LogP contribution in [0.1, 0.15) is 41.5 Å². The van der Waals surface area contributed by atoms with E-state index in [4.69, 9.17) is 10.5 Å². The molecule has 0 fully saturated rings. The number of carbonyl (C=O) groups is 1. The average Bonchev–Trinajstić information content (AvgIpc) is 1.76. The number of nitrogens with one attached hydrogen (secondary N) is 1. The minimum Gasteiger partial charge on any atom is -0.432 e. The van der Waals surface area contributed by atoms with Crippen LogP contribution >= 0.6 is 15.9 Å². The maximum Gasteiger partial charge on any atom is 0.408 e. The summed E-state index contributed by atoms with van der Waals surface area (Å²) in [6.07, 6.45) is -0.401. The molecule has 0 aromatic carbocycles. The molecule has 0 atom stereocenters. The molecule has 0 bridgehead atoms. The third-order valence-electron chi connectivity index (χ3n) is 0.742. The number of amides is 1. The molecular weight excluding hydrogens is 260 g/mol. The van der Waals surface area contributed by atoms with E-state index in [0.717, 1.165) is 0 Å². The van der Waals surface area contributed by atoms with Crippen molar-refractivity contribution < 1.29 is 9.53 Å². The number of hydrogen-bond acceptors (Lipinski definition) is 3. The predicted molar refractivity (Wildman–Crippen MR) is 67.1 cm³/mol. The third-order valence-corrected chi connectivity index (χ3v) is 0.904. The van der Waals surface area contributed by atoms with Crippen molar-refractivity contribution in [3.8, 4) is 0 Å². The number of ether oxygens (including phenoxy) is 1. The molecule has 0 rings (SSSR count). The first-order valence-corrected chi connectivity index (χ1v) is 5.78. The number of hydrogen-bond donors (Lipinski definition) is 2. The van der Waals surface area contributed by atoms with Gasteiger partial charge in [-0.05, 0) is 49.7 Å². The van der Waals surface area contributed by atoms with Crippen LogP contribution in [-0.4, -0.2) is 22.7 Å². The van der Waals surface area contributed by atoms with Crippen LogP contribution in [0.4, 0.5) is 4.79 Å². The van der Waals surface area contributed by atoms with E-state index < -0.39 is 10.6 Å². The topological polar surface area (TPSA) is 64.3 Å². The van der Waals surface area contributed by atoms with Gasteiger partial charge in [-0.25, -0.2) is 4.79 Å². The molecule has 0 saturated heterocycles. The van der Waals surface area contributed by atoms with Crippen molar-refractivity contribution in [2.75, 3.05) is 0 Å². The van der Waals surface area contributed by atoms with Gasteiger partial charge in [0.05, 0.1) is 0 Å². The zero-order valence-corrected chi connectivity index (χ0v) is 12.0. The van der Waals surface area contributed by atoms with Crippen LogP contribution in [0.3, 0.4) is 0 Å². The standard InChI is InChI=1S/C7H14BrNO2.C3H9N/c1-5(2)9-6(10)11-7(3,4)8;1-3(2)4/h5H,1-4H3,(H,9,10);3H,4H2,1-2H3. The van der Waals surface area contributed by atoms with Crippen LogP contribution in [0.25, 0.3) is 0 Å². The molecule has 5 heteroatoms. The lowest BCUT2D eigenvalue weighted by Gasteiger charge is -2.18. The second-order valence-electron chi connectivity index (χ2n) is 4.30. The fraction of sp³-hybridized carbons (Fsp3) is 0.900. The second-order valence-corrected chi connectivity index (χ2v) is 6.21. The van der Waals surface area contributed by atoms with Crippen molar-refractivity contribution in [2.24, 2.45) is 5.73 Å². The van der Waals surface area contributed by atoms with E-state index in [1.54, 1.807) is 13.8 Å². The lowest BCUT2D eigenvalue weighted by Crippen LogP contribution is -2.35. The molecule has 0 aromatic heterocycles. The molecule has 0 aliphatic rings. The SMILES string of the molecule is CC(C)N.CC(C)NC(=O)OC(C)(C)Br. The average molecular weight is 283 g/mol. The molecule has 4 nitrogen and oxygen atoms in total. The van der Waals surface area contributed by atoms with Crippen molar-refractivity contribution in [1.29, 1.82) is 0 Å². The highest BCUT2D eigenvalue weighted by atomic mass is 79.9. The van der Waals surface area contributed by atoms with E-state index in [2.05, 4.69) is 21.2 Å². The summed E-state index contributed by atoms with van der Waals surface area (Å²) in [5.41, 5.74) is 5.11. The van der Waals surface area contributed by atoms with Gasteiger partial charge < -0.3 is 15.8 Å². The van der Waals surface area contributed by atoms with E-state index in [0.29, 0.717) is 6.04 Å². The molecule has 0 unspecified atom stereocenters. The third kappa shape index (κ3) is 24.8. The van der Waals surface area contributed by atoms with E-state index in [1.165, 1.54) is 0 Å². The highest BCUT2D eigenvalue weighted by Crippen LogP contribution is 2.16. The Balaban J connectivity index is 0. The summed E-state index contributed by atoms with van der Waals surface area (Å²) in [7, 11) is 0. The smallest absolute Gasteiger partial charge is 0.408 e. The van der Waals surface area contributed by atoms with Gasteiger partial charge in [-0.15, -0.1) is 0 Å². The Hall–Kier alpha value is -0.290. The Morgan fingerprint density at radius 3 is 1.87 bits per heavy atom. The Morgan fingerprint density at radius 1 is 1.33 bits per heavy atom. The van der Waals surface area contributed by atoms with Gasteiger partial charge in [-0.2, -0.15) is 0 Å². The summed E-state index contributed by atoms with van der Waals surface area (Å²) in [5.74, 6) is 0. The van der Waals surface area contributed by atoms with Crippen LogP contribution in [0.2, 0.25) is 0 Å². The quantitative estimate of drug-likeness (QED) is 0.766. The van der Waals surface area contributed by atoms with E-state index in [1.807, 2.05) is 27.7 Å². The van der Waals surface area contributed by atoms with Crippen molar-refractivity contribution in [2.45, 2.75) is 58.1 Å². The van der Waals surface area contributed by atoms with Gasteiger partial charge in [-0.1, -0.05) is 13.8 Å². The Morgan fingerprint density at radius 2 is 1.67 bits per heavy atom. The molecule has 0 aliphatic carbocycles. The Kier molecular flexibility index (Phi) is 9.05. The normalized spacial score (nSPS) is 10.8. The summed E-state index contributed by atoms with van der Waals surface area (Å²) in [5, 5.41) is 2.61. The second kappa shape index (κ2) is 7.93. The van der Waals surface area contributed by atoms with Crippen LogP contribution in [0.15, 0.2) is 0 Å². The summed E-state index contributed by atoms with van der Waals surface area (Å²) < 4.78 is 4.32. The number of alkyl carbamates (subject to hydrolysis) is 1. The van der Waals surface area contributed by atoms with Crippen LogP contribution in [0.5, 0.6) is 0 Å². The largest absolute Gasteiger partial charge is 0.432 e. The maximum absolute atomic E-state index is 10.9. The number of alkyl halides is 1. The molecular formula is C10H23BrN2O2. The van der Waals surface area contributed by atoms with Gasteiger partial charge in [-0.3, -0.25) is 0 Å². The summed E-state index contributed by atoms with van der Waals surface area (Å²) in [6.45, 7) is 11.2. The van der Waals surface area contributed by atoms with Crippen molar-refractivity contribution in [1.82, 2.24) is 5.32 Å². The fourth-order valence-corrected chi connectivity index (χ4v) is 0.633. The van der Waals surface area contributed by atoms with E-state index in [9.17, 15) is 4.79 Å². The fourth-order valence-electron chi connectivity index (χ4n) is 0.486. The van der Waals surface area contributed by atoms with E-state index in [-0.39, 0.29) is 6.04 Å². The lowest BCUT2D eigenvalue weighted by molar-refractivity contribution is 0.0995. The minimum atomic E-state index is -0.591. The molecule has 0 spiro atoms. The highest BCUT2D eigenvalue weighted by molar-refractivity contribution is 9.10. The van der Waals surface area contributed by atoms with Crippen LogP contribution in [0, 0.1) is 0 Å². The first kappa shape index (κ1) is 17.1. The molecule has 3 N–H and O–H groups in total.